The molecule has 1 saturated heterocycles. The Bertz CT molecular complexity index is 1070. The van der Waals surface area contributed by atoms with Crippen molar-refractivity contribution in [1.29, 1.82) is 0 Å². The molecular formula is C24H32ClN3O4S. The molecular weight excluding hydrogens is 462 g/mol. The molecule has 2 heterocycles. The lowest BCUT2D eigenvalue weighted by Crippen LogP contribution is -2.50. The second-order valence-electron chi connectivity index (χ2n) is 9.46. The molecule has 0 radical (unpaired) electrons. The Morgan fingerprint density at radius 2 is 1.73 bits per heavy atom. The highest BCUT2D eigenvalue weighted by molar-refractivity contribution is 7.89. The van der Waals surface area contributed by atoms with Crippen LogP contribution in [0.1, 0.15) is 12.8 Å². The van der Waals surface area contributed by atoms with E-state index in [1.165, 1.54) is 0 Å². The molecule has 4 rings (SSSR count). The zero-order valence-electron chi connectivity index (χ0n) is 19.1. The van der Waals surface area contributed by atoms with Crippen molar-refractivity contribution in [2.24, 2.45) is 5.41 Å². The van der Waals surface area contributed by atoms with Gasteiger partial charge in [-0.25, -0.2) is 13.1 Å². The average Bonchev–Trinajstić information content (AvgIpc) is 2.78. The van der Waals surface area contributed by atoms with Gasteiger partial charge in [0, 0.05) is 30.1 Å². The van der Waals surface area contributed by atoms with Gasteiger partial charge < -0.3 is 19.6 Å². The summed E-state index contributed by atoms with van der Waals surface area (Å²) in [5, 5.41) is 11.1. The summed E-state index contributed by atoms with van der Waals surface area (Å²) in [7, 11) is 0.223. The molecule has 0 aromatic heterocycles. The van der Waals surface area contributed by atoms with Gasteiger partial charge in [-0.2, -0.15) is 0 Å². The second-order valence-corrected chi connectivity index (χ2v) is 11.6. The number of hydrogen-bond acceptors (Lipinski definition) is 6. The number of aliphatic hydroxyl groups excluding tert-OH is 1. The molecule has 1 unspecified atom stereocenters. The van der Waals surface area contributed by atoms with Crippen LogP contribution in [-0.2, 0) is 10.0 Å². The Kier molecular flexibility index (Phi) is 7.33. The fourth-order valence-electron chi connectivity index (χ4n) is 4.68. The monoisotopic (exact) mass is 493 g/mol. The number of nitrogens with zero attached hydrogens (tertiary/aromatic N) is 2. The third-order valence-electron chi connectivity index (χ3n) is 6.63. The Morgan fingerprint density at radius 3 is 2.42 bits per heavy atom. The molecule has 2 N–H and O–H groups in total. The summed E-state index contributed by atoms with van der Waals surface area (Å²) in [6.45, 7) is 3.43. The normalized spacial score (nSPS) is 24.3. The van der Waals surface area contributed by atoms with Crippen LogP contribution in [0.25, 0.3) is 11.1 Å². The molecule has 2 aliphatic rings. The minimum Gasteiger partial charge on any atom is -0.492 e. The number of sulfonamides is 1. The minimum absolute atomic E-state index is 0.0548. The maximum absolute atomic E-state index is 13.1. The minimum atomic E-state index is -3.86. The molecule has 1 atom stereocenters. The lowest BCUT2D eigenvalue weighted by Gasteiger charge is -2.43. The number of β-amino-alcohol motifs (C(OH)–C–C–N with tert-alkyl or cyclic N) is 1. The molecule has 1 fully saturated rings. The van der Waals surface area contributed by atoms with Crippen molar-refractivity contribution >= 4 is 21.6 Å². The van der Waals surface area contributed by atoms with E-state index in [9.17, 15) is 13.5 Å². The van der Waals surface area contributed by atoms with Crippen molar-refractivity contribution in [3.63, 3.8) is 0 Å². The van der Waals surface area contributed by atoms with Gasteiger partial charge in [-0.05, 0) is 75.4 Å². The Labute approximate surface area is 201 Å². The maximum Gasteiger partial charge on any atom is 0.244 e. The number of rotatable bonds is 1. The number of likely N-dealkylation sites (tertiary alicyclic amines) is 1. The van der Waals surface area contributed by atoms with Crippen molar-refractivity contribution in [2.75, 3.05) is 53.4 Å². The summed E-state index contributed by atoms with van der Waals surface area (Å²) in [5.74, 6) is 0.325. The first-order valence-electron chi connectivity index (χ1n) is 11.2. The van der Waals surface area contributed by atoms with Gasteiger partial charge >= 0.3 is 0 Å². The molecule has 33 heavy (non-hydrogen) atoms. The summed E-state index contributed by atoms with van der Waals surface area (Å²) < 4.78 is 35.1. The van der Waals surface area contributed by atoms with Crippen molar-refractivity contribution in [1.82, 2.24) is 14.5 Å². The Hall–Kier alpha value is -1.68. The zero-order valence-corrected chi connectivity index (χ0v) is 20.7. The van der Waals surface area contributed by atoms with E-state index >= 15 is 0 Å². The summed E-state index contributed by atoms with van der Waals surface area (Å²) in [5.41, 5.74) is 1.65. The number of benzene rings is 2. The summed E-state index contributed by atoms with van der Waals surface area (Å²) >= 11 is 6.03. The van der Waals surface area contributed by atoms with Crippen molar-refractivity contribution < 1.29 is 18.3 Å². The number of aliphatic hydroxyl groups is 1. The highest BCUT2D eigenvalue weighted by atomic mass is 35.5. The first-order valence-corrected chi connectivity index (χ1v) is 13.1. The van der Waals surface area contributed by atoms with Crippen LogP contribution in [0, 0.1) is 5.41 Å². The van der Waals surface area contributed by atoms with Gasteiger partial charge in [-0.15, -0.1) is 0 Å². The number of piperidine rings is 1. The fraction of sp³-hybridized carbons (Fsp3) is 0.500. The molecule has 0 amide bonds. The fourth-order valence-corrected chi connectivity index (χ4v) is 6.00. The number of likely N-dealkylation sites (N-methyl/N-ethyl adjacent to an activating group) is 1. The molecule has 7 nitrogen and oxygen atoms in total. The Balaban J connectivity index is 1.73. The van der Waals surface area contributed by atoms with Crippen molar-refractivity contribution in [2.45, 2.75) is 23.8 Å². The van der Waals surface area contributed by atoms with Gasteiger partial charge in [0.05, 0.1) is 12.7 Å². The first kappa shape index (κ1) is 24.4. The van der Waals surface area contributed by atoms with Gasteiger partial charge in [0.2, 0.25) is 10.0 Å². The lowest BCUT2D eigenvalue weighted by molar-refractivity contribution is 0.0219. The third kappa shape index (κ3) is 5.88. The van der Waals surface area contributed by atoms with Gasteiger partial charge in [0.15, 0.2) is 0 Å². The van der Waals surface area contributed by atoms with Crippen molar-refractivity contribution in [3.05, 3.63) is 47.5 Å². The number of fused-ring (bicyclic) bond motifs is 1. The summed E-state index contributed by atoms with van der Waals surface area (Å²) in [6, 6.07) is 12.5. The van der Waals surface area contributed by atoms with Crippen LogP contribution >= 0.6 is 11.6 Å². The highest BCUT2D eigenvalue weighted by Gasteiger charge is 2.37. The first-order chi connectivity index (χ1) is 15.7. The lowest BCUT2D eigenvalue weighted by atomic mass is 9.78. The van der Waals surface area contributed by atoms with Crippen LogP contribution in [0.15, 0.2) is 47.4 Å². The topological polar surface area (TPSA) is 82.1 Å². The van der Waals surface area contributed by atoms with E-state index in [1.807, 2.05) is 19.2 Å². The second kappa shape index (κ2) is 9.90. The van der Waals surface area contributed by atoms with Crippen molar-refractivity contribution in [3.8, 4) is 16.9 Å². The molecule has 180 valence electrons. The largest absolute Gasteiger partial charge is 0.492 e. The SMILES string of the molecule is CN1CCC2(CC1)COc1cc(-c3ccc(Cl)cc3)ccc1S(=O)(=O)NCC(O)CN(C)C2. The molecule has 1 spiro atoms. The number of halogens is 1. The number of nitrogens with one attached hydrogen (secondary N) is 1. The summed E-state index contributed by atoms with van der Waals surface area (Å²) in [6.07, 6.45) is 1.09. The Morgan fingerprint density at radius 1 is 1.06 bits per heavy atom. The van der Waals surface area contributed by atoms with Gasteiger partial charge in [0.25, 0.3) is 0 Å². The van der Waals surface area contributed by atoms with Crippen LogP contribution in [0.3, 0.4) is 0 Å². The van der Waals surface area contributed by atoms with Crippen LogP contribution < -0.4 is 9.46 Å². The molecule has 0 saturated carbocycles. The zero-order chi connectivity index (χ0) is 23.6. The highest BCUT2D eigenvalue weighted by Crippen LogP contribution is 2.36. The van der Waals surface area contributed by atoms with Crippen LogP contribution in [-0.4, -0.2) is 82.9 Å². The maximum atomic E-state index is 13.1. The molecule has 2 aromatic carbocycles. The third-order valence-corrected chi connectivity index (χ3v) is 8.34. The molecule has 2 aliphatic heterocycles. The van der Waals surface area contributed by atoms with Crippen LogP contribution in [0.4, 0.5) is 0 Å². The van der Waals surface area contributed by atoms with Gasteiger partial charge in [-0.1, -0.05) is 29.8 Å². The van der Waals surface area contributed by atoms with E-state index < -0.39 is 16.1 Å². The molecule has 9 heteroatoms. The van der Waals surface area contributed by atoms with E-state index in [1.54, 1.807) is 30.3 Å². The van der Waals surface area contributed by atoms with E-state index in [-0.39, 0.29) is 16.9 Å². The average molecular weight is 494 g/mol. The van der Waals surface area contributed by atoms with E-state index in [0.29, 0.717) is 23.9 Å². The number of hydrogen-bond donors (Lipinski definition) is 2. The predicted octanol–water partition coefficient (Wildman–Crippen LogP) is 2.68. The molecule has 0 bridgehead atoms. The molecule has 0 aliphatic carbocycles. The number of ether oxygens (including phenoxy) is 1. The van der Waals surface area contributed by atoms with E-state index in [2.05, 4.69) is 21.6 Å². The standard InChI is InChI=1S/C24H32ClN3O4S/c1-27-11-9-24(10-12-27)16-28(2)15-21(29)14-26-33(30,31)23-8-5-19(13-22(23)32-17-24)18-3-6-20(25)7-4-18/h3-8,13,21,26,29H,9-12,14-17H2,1-2H3. The van der Waals surface area contributed by atoms with Gasteiger partial charge in [-0.3, -0.25) is 0 Å². The van der Waals surface area contributed by atoms with Gasteiger partial charge in [0.1, 0.15) is 10.6 Å². The van der Waals surface area contributed by atoms with Crippen LogP contribution in [0.5, 0.6) is 5.75 Å². The van der Waals surface area contributed by atoms with E-state index in [4.69, 9.17) is 16.3 Å². The quantitative estimate of drug-likeness (QED) is 0.635. The smallest absolute Gasteiger partial charge is 0.244 e. The van der Waals surface area contributed by atoms with Crippen LogP contribution in [0.2, 0.25) is 5.02 Å². The molecule has 2 aromatic rings. The summed E-state index contributed by atoms with van der Waals surface area (Å²) in [4.78, 5) is 4.47. The predicted molar refractivity (Wildman–Crippen MR) is 130 cm³/mol. The van der Waals surface area contributed by atoms with E-state index in [0.717, 1.165) is 43.6 Å².